The zero-order valence-corrected chi connectivity index (χ0v) is 13.5. The van der Waals surface area contributed by atoms with Crippen molar-refractivity contribution < 1.29 is 19.4 Å². The van der Waals surface area contributed by atoms with Crippen LogP contribution in [-0.4, -0.2) is 29.3 Å². The first kappa shape index (κ1) is 17.1. The number of urea groups is 1. The summed E-state index contributed by atoms with van der Waals surface area (Å²) in [5, 5.41) is 14.6. The Balaban J connectivity index is 1.78. The van der Waals surface area contributed by atoms with E-state index in [1.165, 1.54) is 0 Å². The summed E-state index contributed by atoms with van der Waals surface area (Å²) in [5.41, 5.74) is 0.692. The van der Waals surface area contributed by atoms with Crippen molar-refractivity contribution in [2.75, 3.05) is 5.32 Å². The number of hydrogen-bond donors (Lipinski definition) is 3. The minimum Gasteiger partial charge on any atom is -0.491 e. The Morgan fingerprint density at radius 2 is 1.74 bits per heavy atom. The Morgan fingerprint density at radius 3 is 2.26 bits per heavy atom. The highest BCUT2D eigenvalue weighted by Gasteiger charge is 2.26. The number of aliphatic carboxylic acids is 1. The third-order valence-corrected chi connectivity index (χ3v) is 3.90. The van der Waals surface area contributed by atoms with Gasteiger partial charge in [0.05, 0.1) is 12.0 Å². The molecular weight excluding hydrogens is 296 g/mol. The number of carboxylic acid groups (broad SMARTS) is 1. The number of carbonyl (C=O) groups is 2. The molecular formula is C17H24N2O4. The van der Waals surface area contributed by atoms with Crippen molar-refractivity contribution >= 4 is 17.7 Å². The van der Waals surface area contributed by atoms with E-state index in [0.29, 0.717) is 31.4 Å². The summed E-state index contributed by atoms with van der Waals surface area (Å²) in [5.74, 6) is -0.251. The highest BCUT2D eigenvalue weighted by molar-refractivity contribution is 5.89. The SMILES string of the molecule is CC(C)Oc1ccc(NC(=O)NC2CCC(C(=O)O)CC2)cc1. The van der Waals surface area contributed by atoms with E-state index >= 15 is 0 Å². The minimum atomic E-state index is -0.739. The Labute approximate surface area is 136 Å². The number of rotatable bonds is 5. The fourth-order valence-corrected chi connectivity index (χ4v) is 2.73. The third-order valence-electron chi connectivity index (χ3n) is 3.90. The monoisotopic (exact) mass is 320 g/mol. The molecule has 0 unspecified atom stereocenters. The number of anilines is 1. The van der Waals surface area contributed by atoms with Crippen molar-refractivity contribution in [2.45, 2.75) is 51.7 Å². The largest absolute Gasteiger partial charge is 0.491 e. The standard InChI is InChI=1S/C17H24N2O4/c1-11(2)23-15-9-7-14(8-10-15)19-17(22)18-13-5-3-12(4-6-13)16(20)21/h7-13H,3-6H2,1-2H3,(H,20,21)(H2,18,19,22). The predicted molar refractivity (Wildman–Crippen MR) is 87.7 cm³/mol. The Kier molecular flexibility index (Phi) is 5.84. The van der Waals surface area contributed by atoms with Crippen LogP contribution < -0.4 is 15.4 Å². The van der Waals surface area contributed by atoms with E-state index in [2.05, 4.69) is 10.6 Å². The lowest BCUT2D eigenvalue weighted by molar-refractivity contribution is -0.142. The van der Waals surface area contributed by atoms with Crippen molar-refractivity contribution in [3.63, 3.8) is 0 Å². The maximum absolute atomic E-state index is 12.0. The summed E-state index contributed by atoms with van der Waals surface area (Å²) in [6.45, 7) is 3.91. The molecule has 126 valence electrons. The van der Waals surface area contributed by atoms with Gasteiger partial charge in [0.25, 0.3) is 0 Å². The molecule has 3 N–H and O–H groups in total. The van der Waals surface area contributed by atoms with Gasteiger partial charge in [-0.25, -0.2) is 4.79 Å². The van der Waals surface area contributed by atoms with Gasteiger partial charge in [-0.05, 0) is 63.8 Å². The van der Waals surface area contributed by atoms with E-state index in [4.69, 9.17) is 9.84 Å². The molecule has 0 atom stereocenters. The number of nitrogens with one attached hydrogen (secondary N) is 2. The van der Waals surface area contributed by atoms with Gasteiger partial charge in [0.15, 0.2) is 0 Å². The second kappa shape index (κ2) is 7.85. The molecule has 1 fully saturated rings. The number of benzene rings is 1. The number of amides is 2. The van der Waals surface area contributed by atoms with Crippen molar-refractivity contribution in [3.8, 4) is 5.75 Å². The first-order valence-electron chi connectivity index (χ1n) is 8.01. The lowest BCUT2D eigenvalue weighted by Gasteiger charge is -2.26. The van der Waals surface area contributed by atoms with Crippen LogP contribution in [0.15, 0.2) is 24.3 Å². The first-order valence-corrected chi connectivity index (χ1v) is 8.01. The van der Waals surface area contributed by atoms with Gasteiger partial charge in [-0.2, -0.15) is 0 Å². The second-order valence-electron chi connectivity index (χ2n) is 6.18. The van der Waals surface area contributed by atoms with Crippen LogP contribution in [0.4, 0.5) is 10.5 Å². The van der Waals surface area contributed by atoms with Gasteiger partial charge in [0.2, 0.25) is 0 Å². The normalized spacial score (nSPS) is 20.8. The summed E-state index contributed by atoms with van der Waals surface area (Å²) in [6.07, 6.45) is 2.73. The fraction of sp³-hybridized carbons (Fsp3) is 0.529. The van der Waals surface area contributed by atoms with E-state index in [9.17, 15) is 9.59 Å². The van der Waals surface area contributed by atoms with Gasteiger partial charge in [-0.3, -0.25) is 4.79 Å². The van der Waals surface area contributed by atoms with E-state index < -0.39 is 5.97 Å². The van der Waals surface area contributed by atoms with Crippen LogP contribution in [0.25, 0.3) is 0 Å². The highest BCUT2D eigenvalue weighted by Crippen LogP contribution is 2.24. The molecule has 1 aliphatic rings. The maximum Gasteiger partial charge on any atom is 0.319 e. The molecule has 2 amide bonds. The van der Waals surface area contributed by atoms with Gasteiger partial charge < -0.3 is 20.5 Å². The van der Waals surface area contributed by atoms with Crippen LogP contribution >= 0.6 is 0 Å². The summed E-state index contributed by atoms with van der Waals surface area (Å²) < 4.78 is 5.55. The predicted octanol–water partition coefficient (Wildman–Crippen LogP) is 3.24. The van der Waals surface area contributed by atoms with Crippen molar-refractivity contribution in [1.29, 1.82) is 0 Å². The Hall–Kier alpha value is -2.24. The molecule has 1 saturated carbocycles. The lowest BCUT2D eigenvalue weighted by Crippen LogP contribution is -2.40. The van der Waals surface area contributed by atoms with Crippen LogP contribution in [0.1, 0.15) is 39.5 Å². The molecule has 0 aliphatic heterocycles. The van der Waals surface area contributed by atoms with Gasteiger partial charge >= 0.3 is 12.0 Å². The summed E-state index contributed by atoms with van der Waals surface area (Å²) >= 11 is 0. The van der Waals surface area contributed by atoms with Crippen molar-refractivity contribution in [1.82, 2.24) is 5.32 Å². The summed E-state index contributed by atoms with van der Waals surface area (Å²) in [6, 6.07) is 6.98. The van der Waals surface area contributed by atoms with Gasteiger partial charge in [0.1, 0.15) is 5.75 Å². The van der Waals surface area contributed by atoms with E-state index in [0.717, 1.165) is 5.75 Å². The number of carboxylic acids is 1. The molecule has 23 heavy (non-hydrogen) atoms. The zero-order valence-electron chi connectivity index (χ0n) is 13.5. The molecule has 6 nitrogen and oxygen atoms in total. The smallest absolute Gasteiger partial charge is 0.319 e. The molecule has 1 aliphatic carbocycles. The number of carbonyl (C=O) groups excluding carboxylic acids is 1. The molecule has 1 aromatic carbocycles. The van der Waals surface area contributed by atoms with Crippen LogP contribution in [0.3, 0.4) is 0 Å². The maximum atomic E-state index is 12.0. The first-order chi connectivity index (χ1) is 10.9. The van der Waals surface area contributed by atoms with Crippen LogP contribution in [0.5, 0.6) is 5.75 Å². The Bertz CT molecular complexity index is 534. The van der Waals surface area contributed by atoms with E-state index in [1.807, 2.05) is 26.0 Å². The fourth-order valence-electron chi connectivity index (χ4n) is 2.73. The molecule has 0 aromatic heterocycles. The summed E-state index contributed by atoms with van der Waals surface area (Å²) in [7, 11) is 0. The molecule has 0 heterocycles. The molecule has 0 bridgehead atoms. The molecule has 0 saturated heterocycles. The number of hydrogen-bond acceptors (Lipinski definition) is 3. The molecule has 2 rings (SSSR count). The number of ether oxygens (including phenoxy) is 1. The zero-order chi connectivity index (χ0) is 16.8. The van der Waals surface area contributed by atoms with Crippen molar-refractivity contribution in [3.05, 3.63) is 24.3 Å². The topological polar surface area (TPSA) is 87.7 Å². The van der Waals surface area contributed by atoms with E-state index in [1.54, 1.807) is 12.1 Å². The Morgan fingerprint density at radius 1 is 1.13 bits per heavy atom. The molecule has 1 aromatic rings. The minimum absolute atomic E-state index is 0.0362. The third kappa shape index (κ3) is 5.47. The van der Waals surface area contributed by atoms with Gasteiger partial charge in [-0.1, -0.05) is 0 Å². The van der Waals surface area contributed by atoms with Crippen LogP contribution in [0, 0.1) is 5.92 Å². The van der Waals surface area contributed by atoms with Gasteiger partial charge in [-0.15, -0.1) is 0 Å². The van der Waals surface area contributed by atoms with Crippen molar-refractivity contribution in [2.24, 2.45) is 5.92 Å². The highest BCUT2D eigenvalue weighted by atomic mass is 16.5. The van der Waals surface area contributed by atoms with Crippen LogP contribution in [-0.2, 0) is 4.79 Å². The van der Waals surface area contributed by atoms with Gasteiger partial charge in [0, 0.05) is 11.7 Å². The quantitative estimate of drug-likeness (QED) is 0.777. The molecule has 6 heteroatoms. The lowest BCUT2D eigenvalue weighted by atomic mass is 9.86. The molecule has 0 spiro atoms. The van der Waals surface area contributed by atoms with Crippen LogP contribution in [0.2, 0.25) is 0 Å². The van der Waals surface area contributed by atoms with E-state index in [-0.39, 0.29) is 24.1 Å². The average Bonchev–Trinajstić information content (AvgIpc) is 2.49. The summed E-state index contributed by atoms with van der Waals surface area (Å²) in [4.78, 5) is 22.9. The molecule has 0 radical (unpaired) electrons. The second-order valence-corrected chi connectivity index (χ2v) is 6.18. The average molecular weight is 320 g/mol.